The molecule has 1 aliphatic rings. The minimum Gasteiger partial charge on any atom is -0.508 e. The van der Waals surface area contributed by atoms with E-state index < -0.39 is 41.4 Å². The summed E-state index contributed by atoms with van der Waals surface area (Å²) in [5.74, 6) is -4.76. The number of carbonyl (C=O) groups excluding carboxylic acids is 2. The molecular weight excluding hydrogens is 542 g/mol. The lowest BCUT2D eigenvalue weighted by atomic mass is 9.94. The molecule has 8 N–H and O–H groups in total. The van der Waals surface area contributed by atoms with E-state index in [0.717, 1.165) is 12.1 Å². The molecule has 0 radical (unpaired) electrons. The molecule has 3 aromatic carbocycles. The van der Waals surface area contributed by atoms with E-state index in [4.69, 9.17) is 9.84 Å². The first kappa shape index (κ1) is 28.3. The lowest BCUT2D eigenvalue weighted by Crippen LogP contribution is -2.30. The third-order valence-corrected chi connectivity index (χ3v) is 5.90. The number of pyridine rings is 1. The summed E-state index contributed by atoms with van der Waals surface area (Å²) in [5.41, 5.74) is 0.689. The van der Waals surface area contributed by atoms with E-state index in [1.807, 2.05) is 0 Å². The van der Waals surface area contributed by atoms with Crippen molar-refractivity contribution in [2.45, 2.75) is 18.6 Å². The number of ether oxygens (including phenoxy) is 2. The van der Waals surface area contributed by atoms with E-state index in [2.05, 4.69) is 9.72 Å². The number of aromatic hydroxyl groups is 7. The number of hydrogen-bond donors (Lipinski definition) is 8. The van der Waals surface area contributed by atoms with Crippen molar-refractivity contribution in [3.63, 3.8) is 0 Å². The number of phenolic OH excluding ortho intramolecular Hbond substituents is 7. The van der Waals surface area contributed by atoms with E-state index in [-0.39, 0.29) is 46.3 Å². The van der Waals surface area contributed by atoms with Crippen LogP contribution < -0.4 is 4.74 Å². The molecule has 0 bridgehead atoms. The molecule has 0 unspecified atom stereocenters. The Morgan fingerprint density at radius 2 is 1.46 bits per heavy atom. The Morgan fingerprint density at radius 3 is 2.10 bits per heavy atom. The largest absolute Gasteiger partial charge is 0.508 e. The standard InChI is InChI=1S/C15H14O6.C13H9NO6/c16-8-4-11(18)9-6-13(20)15(21-14(9)5-8)7-1-2-10(17)12(19)3-7;15-9-4-8(5-10(16)11(9)17)13(19)20-12(18)7-2-1-3-14-6-7/h1-5,13,15-20H,6H2;1-6,15-17H/t13-,15-;/m1./s1. The van der Waals surface area contributed by atoms with Gasteiger partial charge >= 0.3 is 11.9 Å². The number of carbonyl (C=O) groups is 2. The van der Waals surface area contributed by atoms with Gasteiger partial charge in [0, 0.05) is 36.5 Å². The Labute approximate surface area is 231 Å². The van der Waals surface area contributed by atoms with Gasteiger partial charge in [0.05, 0.1) is 17.2 Å². The first-order chi connectivity index (χ1) is 19.4. The highest BCUT2D eigenvalue weighted by molar-refractivity contribution is 6.02. The van der Waals surface area contributed by atoms with Crippen molar-refractivity contribution in [2.75, 3.05) is 0 Å². The summed E-state index contributed by atoms with van der Waals surface area (Å²) in [5, 5.41) is 76.0. The third-order valence-electron chi connectivity index (χ3n) is 5.90. The van der Waals surface area contributed by atoms with Crippen LogP contribution in [0.15, 0.2) is 67.0 Å². The van der Waals surface area contributed by atoms with Gasteiger partial charge in [0.15, 0.2) is 28.7 Å². The van der Waals surface area contributed by atoms with Gasteiger partial charge in [-0.05, 0) is 42.0 Å². The highest BCUT2D eigenvalue weighted by atomic mass is 16.6. The Balaban J connectivity index is 0.000000189. The summed E-state index contributed by atoms with van der Waals surface area (Å²) >= 11 is 0. The van der Waals surface area contributed by atoms with Crippen molar-refractivity contribution in [3.05, 3.63) is 89.2 Å². The van der Waals surface area contributed by atoms with Crippen molar-refractivity contribution >= 4 is 11.9 Å². The van der Waals surface area contributed by atoms with Crippen LogP contribution in [0.25, 0.3) is 0 Å². The summed E-state index contributed by atoms with van der Waals surface area (Å²) in [7, 11) is 0. The molecule has 13 nitrogen and oxygen atoms in total. The van der Waals surface area contributed by atoms with Crippen LogP contribution in [-0.2, 0) is 11.2 Å². The molecule has 1 aromatic heterocycles. The quantitative estimate of drug-likeness (QED) is 0.102. The Morgan fingerprint density at radius 1 is 0.780 bits per heavy atom. The molecule has 212 valence electrons. The molecule has 0 amide bonds. The van der Waals surface area contributed by atoms with Crippen LogP contribution in [0, 0.1) is 0 Å². The first-order valence-electron chi connectivity index (χ1n) is 11.8. The van der Waals surface area contributed by atoms with Crippen LogP contribution in [0.2, 0.25) is 0 Å². The SMILES string of the molecule is O=C(OC(=O)c1cc(O)c(O)c(O)c1)c1cccnc1.Oc1cc(O)c2c(c1)O[C@H](c1ccc(O)c(O)c1)[C@H](O)C2. The molecule has 5 rings (SSSR count). The number of nitrogens with zero attached hydrogens (tertiary/aromatic N) is 1. The predicted octanol–water partition coefficient (Wildman–Crippen LogP) is 2.74. The molecule has 0 saturated heterocycles. The van der Waals surface area contributed by atoms with Crippen LogP contribution in [-0.4, -0.2) is 63.9 Å². The fourth-order valence-corrected chi connectivity index (χ4v) is 3.87. The maximum Gasteiger partial charge on any atom is 0.347 e. The topological polar surface area (TPSA) is 227 Å². The number of aliphatic hydroxyl groups is 1. The van der Waals surface area contributed by atoms with E-state index in [1.165, 1.54) is 54.9 Å². The number of aliphatic hydroxyl groups excluding tert-OH is 1. The van der Waals surface area contributed by atoms with E-state index in [0.29, 0.717) is 11.1 Å². The molecule has 0 saturated carbocycles. The second-order valence-electron chi connectivity index (χ2n) is 8.78. The molecule has 0 aliphatic carbocycles. The van der Waals surface area contributed by atoms with Gasteiger partial charge in [-0.15, -0.1) is 0 Å². The van der Waals surface area contributed by atoms with Crippen molar-refractivity contribution in [2.24, 2.45) is 0 Å². The maximum absolute atomic E-state index is 11.7. The van der Waals surface area contributed by atoms with Crippen LogP contribution in [0.3, 0.4) is 0 Å². The van der Waals surface area contributed by atoms with Crippen molar-refractivity contribution in [1.29, 1.82) is 0 Å². The first-order valence-corrected chi connectivity index (χ1v) is 11.8. The smallest absolute Gasteiger partial charge is 0.347 e. The fourth-order valence-electron chi connectivity index (χ4n) is 3.87. The number of fused-ring (bicyclic) bond motifs is 1. The Bertz CT molecular complexity index is 1580. The zero-order chi connectivity index (χ0) is 29.8. The van der Waals surface area contributed by atoms with Crippen LogP contribution in [0.4, 0.5) is 0 Å². The third kappa shape index (κ3) is 6.32. The Kier molecular flexibility index (Phi) is 8.01. The van der Waals surface area contributed by atoms with Gasteiger partial charge in [-0.3, -0.25) is 4.98 Å². The molecule has 0 fully saturated rings. The lowest BCUT2D eigenvalue weighted by molar-refractivity contribution is 0.0197. The second kappa shape index (κ2) is 11.6. The monoisotopic (exact) mass is 565 g/mol. The lowest BCUT2D eigenvalue weighted by Gasteiger charge is -2.31. The van der Waals surface area contributed by atoms with Gasteiger partial charge in [-0.2, -0.15) is 0 Å². The van der Waals surface area contributed by atoms with Gasteiger partial charge in [0.2, 0.25) is 0 Å². The fraction of sp³-hybridized carbons (Fsp3) is 0.107. The molecule has 41 heavy (non-hydrogen) atoms. The normalized spacial score (nSPS) is 15.4. The predicted molar refractivity (Wildman–Crippen MR) is 138 cm³/mol. The summed E-state index contributed by atoms with van der Waals surface area (Å²) in [6, 6.07) is 11.3. The average molecular weight is 565 g/mol. The highest BCUT2D eigenvalue weighted by Gasteiger charge is 2.32. The van der Waals surface area contributed by atoms with Gasteiger partial charge in [-0.25, -0.2) is 9.59 Å². The number of hydrogen-bond acceptors (Lipinski definition) is 13. The summed E-state index contributed by atoms with van der Waals surface area (Å²) in [6.07, 6.45) is 1.12. The maximum atomic E-state index is 11.7. The van der Waals surface area contributed by atoms with E-state index >= 15 is 0 Å². The minimum absolute atomic E-state index is 0.0769. The van der Waals surface area contributed by atoms with E-state index in [9.17, 15) is 45.3 Å². The summed E-state index contributed by atoms with van der Waals surface area (Å²) < 4.78 is 10.2. The number of aromatic nitrogens is 1. The van der Waals surface area contributed by atoms with Crippen LogP contribution >= 0.6 is 0 Å². The molecule has 2 heterocycles. The van der Waals surface area contributed by atoms with Crippen LogP contribution in [0.1, 0.15) is 37.9 Å². The van der Waals surface area contributed by atoms with Crippen LogP contribution in [0.5, 0.6) is 46.0 Å². The van der Waals surface area contributed by atoms with Gasteiger partial charge in [0.25, 0.3) is 0 Å². The Hall–Kier alpha value is -5.69. The van der Waals surface area contributed by atoms with Gasteiger partial charge < -0.3 is 50.3 Å². The second-order valence-corrected chi connectivity index (χ2v) is 8.78. The van der Waals surface area contributed by atoms with Crippen molar-refractivity contribution in [1.82, 2.24) is 4.98 Å². The molecular formula is C28H23NO12. The molecule has 2 atom stereocenters. The highest BCUT2D eigenvalue weighted by Crippen LogP contribution is 2.42. The van der Waals surface area contributed by atoms with Crippen molar-refractivity contribution < 1.29 is 59.9 Å². The number of phenols is 7. The minimum atomic E-state index is -1.08. The zero-order valence-corrected chi connectivity index (χ0v) is 20.9. The zero-order valence-electron chi connectivity index (χ0n) is 20.9. The van der Waals surface area contributed by atoms with Gasteiger partial charge in [0.1, 0.15) is 23.4 Å². The molecule has 13 heteroatoms. The average Bonchev–Trinajstić information content (AvgIpc) is 2.94. The number of benzene rings is 3. The summed E-state index contributed by atoms with van der Waals surface area (Å²) in [4.78, 5) is 27.0. The van der Waals surface area contributed by atoms with E-state index in [1.54, 1.807) is 0 Å². The molecule has 1 aliphatic heterocycles. The number of esters is 2. The molecule has 4 aromatic rings. The van der Waals surface area contributed by atoms with Crippen molar-refractivity contribution in [3.8, 4) is 46.0 Å². The summed E-state index contributed by atoms with van der Waals surface area (Å²) in [6.45, 7) is 0. The molecule has 0 spiro atoms. The van der Waals surface area contributed by atoms with Gasteiger partial charge in [-0.1, -0.05) is 6.07 Å². The number of rotatable bonds is 3.